The van der Waals surface area contributed by atoms with Crippen molar-refractivity contribution >= 4 is 21.8 Å². The predicted octanol–water partition coefficient (Wildman–Crippen LogP) is 4.81. The summed E-state index contributed by atoms with van der Waals surface area (Å²) >= 11 is 0. The number of benzene rings is 2. The van der Waals surface area contributed by atoms with E-state index in [-0.39, 0.29) is 41.6 Å². The number of anilines is 1. The molecule has 0 saturated heterocycles. The monoisotopic (exact) mass is 576 g/mol. The maximum absolute atomic E-state index is 13.4. The zero-order valence-electron chi connectivity index (χ0n) is 23.3. The standard InChI is InChI=1S/C30H32N4O6S/c1-30(2,3)23-11-13-24(14-12-23)41(36,37)34-27-25(18-21-8-5-6-10-26(21)38-4)28(33-20-32-27)39-16-17-40-29(35)22-9-7-15-31-19-22/h5-15,19-20H,16-18H2,1-4H3,(H,32,33,34). The smallest absolute Gasteiger partial charge is 0.339 e. The molecule has 0 saturated carbocycles. The van der Waals surface area contributed by atoms with E-state index in [4.69, 9.17) is 14.2 Å². The van der Waals surface area contributed by atoms with Crippen LogP contribution in [0.5, 0.6) is 11.6 Å². The Hall–Kier alpha value is -4.51. The van der Waals surface area contributed by atoms with Crippen LogP contribution in [-0.4, -0.2) is 49.7 Å². The molecule has 0 spiro atoms. The van der Waals surface area contributed by atoms with Gasteiger partial charge in [0.25, 0.3) is 10.0 Å². The average Bonchev–Trinajstić information content (AvgIpc) is 2.96. The van der Waals surface area contributed by atoms with E-state index in [2.05, 4.69) is 40.4 Å². The minimum absolute atomic E-state index is 0.0254. The number of methoxy groups -OCH3 is 1. The maximum Gasteiger partial charge on any atom is 0.339 e. The Bertz CT molecular complexity index is 1590. The Morgan fingerprint density at radius 2 is 1.71 bits per heavy atom. The summed E-state index contributed by atoms with van der Waals surface area (Å²) in [6.07, 6.45) is 4.39. The van der Waals surface area contributed by atoms with E-state index in [9.17, 15) is 13.2 Å². The van der Waals surface area contributed by atoms with Gasteiger partial charge < -0.3 is 14.2 Å². The van der Waals surface area contributed by atoms with Crippen LogP contribution in [0.3, 0.4) is 0 Å². The average molecular weight is 577 g/mol. The van der Waals surface area contributed by atoms with Gasteiger partial charge in [0.15, 0.2) is 5.82 Å². The van der Waals surface area contributed by atoms with Gasteiger partial charge in [-0.15, -0.1) is 0 Å². The van der Waals surface area contributed by atoms with E-state index in [1.807, 2.05) is 18.2 Å². The second-order valence-corrected chi connectivity index (χ2v) is 11.8. The molecule has 2 aromatic carbocycles. The van der Waals surface area contributed by atoms with E-state index in [1.165, 1.54) is 12.5 Å². The highest BCUT2D eigenvalue weighted by Crippen LogP contribution is 2.31. The number of para-hydroxylation sites is 1. The van der Waals surface area contributed by atoms with Crippen molar-refractivity contribution in [2.24, 2.45) is 0 Å². The lowest BCUT2D eigenvalue weighted by Crippen LogP contribution is -2.18. The summed E-state index contributed by atoms with van der Waals surface area (Å²) in [7, 11) is -2.44. The summed E-state index contributed by atoms with van der Waals surface area (Å²) in [6.45, 7) is 6.08. The third-order valence-electron chi connectivity index (χ3n) is 6.18. The SMILES string of the molecule is COc1ccccc1Cc1c(NS(=O)(=O)c2ccc(C(C)(C)C)cc2)ncnc1OCCOC(=O)c1cccnc1. The number of esters is 1. The first-order valence-electron chi connectivity index (χ1n) is 12.9. The quantitative estimate of drug-likeness (QED) is 0.198. The number of sulfonamides is 1. The van der Waals surface area contributed by atoms with Crippen molar-refractivity contribution in [3.8, 4) is 11.6 Å². The number of carbonyl (C=O) groups is 1. The van der Waals surface area contributed by atoms with Gasteiger partial charge in [0.2, 0.25) is 5.88 Å². The summed E-state index contributed by atoms with van der Waals surface area (Å²) in [6, 6.07) is 17.3. The summed E-state index contributed by atoms with van der Waals surface area (Å²) in [4.78, 5) is 24.7. The molecule has 214 valence electrons. The van der Waals surface area contributed by atoms with Crippen LogP contribution in [0.2, 0.25) is 0 Å². The fourth-order valence-electron chi connectivity index (χ4n) is 3.97. The topological polar surface area (TPSA) is 130 Å². The molecule has 0 aliphatic carbocycles. The number of hydrogen-bond donors (Lipinski definition) is 1. The Labute approximate surface area is 239 Å². The molecule has 0 aliphatic heterocycles. The highest BCUT2D eigenvalue weighted by molar-refractivity contribution is 7.92. The molecule has 0 aliphatic rings. The largest absolute Gasteiger partial charge is 0.496 e. The number of nitrogens with zero attached hydrogens (tertiary/aromatic N) is 3. The second-order valence-electron chi connectivity index (χ2n) is 10.1. The van der Waals surface area contributed by atoms with Gasteiger partial charge in [-0.2, -0.15) is 0 Å². The fraction of sp³-hybridized carbons (Fsp3) is 0.267. The van der Waals surface area contributed by atoms with Crippen molar-refractivity contribution in [3.05, 3.63) is 102 Å². The zero-order chi connectivity index (χ0) is 29.5. The lowest BCUT2D eigenvalue weighted by atomic mass is 9.87. The molecule has 0 unspecified atom stereocenters. The van der Waals surface area contributed by atoms with Gasteiger partial charge >= 0.3 is 5.97 Å². The molecule has 0 amide bonds. The predicted molar refractivity (Wildman–Crippen MR) is 154 cm³/mol. The second kappa shape index (κ2) is 12.8. The third kappa shape index (κ3) is 7.57. The third-order valence-corrected chi connectivity index (χ3v) is 7.53. The van der Waals surface area contributed by atoms with Crippen LogP contribution in [0.4, 0.5) is 5.82 Å². The highest BCUT2D eigenvalue weighted by Gasteiger charge is 2.23. The van der Waals surface area contributed by atoms with Gasteiger partial charge in [-0.25, -0.2) is 23.2 Å². The molecule has 0 atom stereocenters. The van der Waals surface area contributed by atoms with Crippen molar-refractivity contribution in [1.82, 2.24) is 15.0 Å². The van der Waals surface area contributed by atoms with Crippen LogP contribution >= 0.6 is 0 Å². The zero-order valence-corrected chi connectivity index (χ0v) is 24.1. The Balaban J connectivity index is 1.59. The van der Waals surface area contributed by atoms with Crippen LogP contribution in [0.25, 0.3) is 0 Å². The van der Waals surface area contributed by atoms with Crippen molar-refractivity contribution in [3.63, 3.8) is 0 Å². The summed E-state index contributed by atoms with van der Waals surface area (Å²) in [5, 5.41) is 0. The van der Waals surface area contributed by atoms with Gasteiger partial charge in [-0.3, -0.25) is 9.71 Å². The van der Waals surface area contributed by atoms with E-state index >= 15 is 0 Å². The molecule has 1 N–H and O–H groups in total. The van der Waals surface area contributed by atoms with Crippen molar-refractivity contribution < 1.29 is 27.4 Å². The number of hydrogen-bond acceptors (Lipinski definition) is 9. The Kier molecular flexibility index (Phi) is 9.18. The van der Waals surface area contributed by atoms with Crippen LogP contribution in [0.15, 0.2) is 84.3 Å². The molecule has 11 heteroatoms. The first-order chi connectivity index (χ1) is 19.6. The molecular formula is C30H32N4O6S. The normalized spacial score (nSPS) is 11.5. The van der Waals surface area contributed by atoms with E-state index in [0.717, 1.165) is 11.1 Å². The van der Waals surface area contributed by atoms with Gasteiger partial charge in [0, 0.05) is 18.8 Å². The number of pyridine rings is 1. The molecular weight excluding hydrogens is 544 g/mol. The minimum atomic E-state index is -3.99. The highest BCUT2D eigenvalue weighted by atomic mass is 32.2. The van der Waals surface area contributed by atoms with Crippen molar-refractivity contribution in [2.45, 2.75) is 37.5 Å². The first kappa shape index (κ1) is 29.5. The molecule has 4 aromatic rings. The van der Waals surface area contributed by atoms with Gasteiger partial charge in [-0.1, -0.05) is 51.1 Å². The lowest BCUT2D eigenvalue weighted by molar-refractivity contribution is 0.0446. The summed E-state index contributed by atoms with van der Waals surface area (Å²) in [5.41, 5.74) is 2.37. The Morgan fingerprint density at radius 1 is 0.951 bits per heavy atom. The summed E-state index contributed by atoms with van der Waals surface area (Å²) < 4.78 is 46.0. The Morgan fingerprint density at radius 3 is 2.39 bits per heavy atom. The van der Waals surface area contributed by atoms with E-state index < -0.39 is 16.0 Å². The van der Waals surface area contributed by atoms with Crippen molar-refractivity contribution in [2.75, 3.05) is 25.0 Å². The molecule has 0 fully saturated rings. The van der Waals surface area contributed by atoms with Crippen LogP contribution in [0.1, 0.15) is 47.8 Å². The van der Waals surface area contributed by atoms with Crippen LogP contribution < -0.4 is 14.2 Å². The number of ether oxygens (including phenoxy) is 3. The minimum Gasteiger partial charge on any atom is -0.496 e. The van der Waals surface area contributed by atoms with Gasteiger partial charge in [0.05, 0.1) is 23.1 Å². The van der Waals surface area contributed by atoms with Crippen molar-refractivity contribution in [1.29, 1.82) is 0 Å². The number of carbonyl (C=O) groups excluding carboxylic acids is 1. The fourth-order valence-corrected chi connectivity index (χ4v) is 5.01. The van der Waals surface area contributed by atoms with Gasteiger partial charge in [0.1, 0.15) is 25.3 Å². The van der Waals surface area contributed by atoms with Gasteiger partial charge in [-0.05, 0) is 46.9 Å². The molecule has 0 radical (unpaired) electrons. The maximum atomic E-state index is 13.4. The van der Waals surface area contributed by atoms with Crippen LogP contribution in [0, 0.1) is 0 Å². The summed E-state index contributed by atoms with van der Waals surface area (Å²) in [5.74, 6) is 0.279. The molecule has 4 rings (SSSR count). The molecule has 10 nitrogen and oxygen atoms in total. The lowest BCUT2D eigenvalue weighted by Gasteiger charge is -2.19. The van der Waals surface area contributed by atoms with Crippen LogP contribution in [-0.2, 0) is 26.6 Å². The molecule has 0 bridgehead atoms. The molecule has 2 aromatic heterocycles. The van der Waals surface area contributed by atoms with E-state index in [1.54, 1.807) is 55.8 Å². The molecule has 2 heterocycles. The number of nitrogens with one attached hydrogen (secondary N) is 1. The number of aromatic nitrogens is 3. The van der Waals surface area contributed by atoms with E-state index in [0.29, 0.717) is 16.9 Å². The molecule has 41 heavy (non-hydrogen) atoms. The number of rotatable bonds is 11. The first-order valence-corrected chi connectivity index (χ1v) is 14.4.